The lowest BCUT2D eigenvalue weighted by molar-refractivity contribution is 0.385. The van der Waals surface area contributed by atoms with E-state index in [0.29, 0.717) is 31.1 Å². The van der Waals surface area contributed by atoms with E-state index in [1.807, 2.05) is 31.2 Å². The number of sulfonamides is 1. The highest BCUT2D eigenvalue weighted by molar-refractivity contribution is 9.10. The van der Waals surface area contributed by atoms with Gasteiger partial charge in [-0.15, -0.1) is 0 Å². The van der Waals surface area contributed by atoms with Crippen molar-refractivity contribution in [2.45, 2.75) is 11.8 Å². The van der Waals surface area contributed by atoms with E-state index in [0.717, 1.165) is 25.4 Å². The number of benzene rings is 2. The second-order valence-electron chi connectivity index (χ2n) is 6.31. The number of aromatic nitrogens is 1. The molecular formula is C18H18BrN3O2S2. The Morgan fingerprint density at radius 3 is 2.42 bits per heavy atom. The van der Waals surface area contributed by atoms with Crippen molar-refractivity contribution >= 4 is 52.6 Å². The van der Waals surface area contributed by atoms with Gasteiger partial charge in [0.05, 0.1) is 15.1 Å². The van der Waals surface area contributed by atoms with Gasteiger partial charge < -0.3 is 4.90 Å². The summed E-state index contributed by atoms with van der Waals surface area (Å²) in [5, 5.41) is 0.950. The van der Waals surface area contributed by atoms with Crippen LogP contribution in [0.25, 0.3) is 10.2 Å². The van der Waals surface area contributed by atoms with E-state index in [1.165, 1.54) is 0 Å². The maximum absolute atomic E-state index is 12.8. The smallest absolute Gasteiger partial charge is 0.243 e. The Hall–Kier alpha value is -1.48. The summed E-state index contributed by atoms with van der Waals surface area (Å²) in [6.07, 6.45) is 0. The zero-order chi connectivity index (χ0) is 18.3. The first-order valence-corrected chi connectivity index (χ1v) is 11.4. The van der Waals surface area contributed by atoms with Crippen LogP contribution in [0.4, 0.5) is 5.13 Å². The summed E-state index contributed by atoms with van der Waals surface area (Å²) in [6, 6.07) is 13.1. The van der Waals surface area contributed by atoms with Crippen LogP contribution in [-0.2, 0) is 10.0 Å². The van der Waals surface area contributed by atoms with Crippen LogP contribution in [0, 0.1) is 6.92 Å². The molecule has 0 bridgehead atoms. The first-order valence-electron chi connectivity index (χ1n) is 8.31. The molecule has 8 heteroatoms. The van der Waals surface area contributed by atoms with Crippen LogP contribution >= 0.6 is 27.3 Å². The molecule has 0 saturated carbocycles. The van der Waals surface area contributed by atoms with Crippen molar-refractivity contribution in [3.8, 4) is 0 Å². The predicted octanol–water partition coefficient (Wildman–Crippen LogP) is 3.88. The van der Waals surface area contributed by atoms with Crippen LogP contribution in [-0.4, -0.2) is 43.9 Å². The third-order valence-corrected chi connectivity index (χ3v) is 7.99. The Morgan fingerprint density at radius 1 is 1.04 bits per heavy atom. The van der Waals surface area contributed by atoms with Crippen molar-refractivity contribution in [3.05, 3.63) is 52.5 Å². The van der Waals surface area contributed by atoms with Crippen LogP contribution in [0.3, 0.4) is 0 Å². The lowest BCUT2D eigenvalue weighted by atomic mass is 10.2. The highest BCUT2D eigenvalue weighted by atomic mass is 79.9. The summed E-state index contributed by atoms with van der Waals surface area (Å²) in [5.74, 6) is 0. The number of fused-ring (bicyclic) bond motifs is 1. The van der Waals surface area contributed by atoms with Crippen LogP contribution in [0.15, 0.2) is 51.8 Å². The van der Waals surface area contributed by atoms with Gasteiger partial charge in [0.15, 0.2) is 5.13 Å². The van der Waals surface area contributed by atoms with E-state index < -0.39 is 10.0 Å². The fourth-order valence-electron chi connectivity index (χ4n) is 3.00. The average molecular weight is 452 g/mol. The molecule has 1 aliphatic heterocycles. The van der Waals surface area contributed by atoms with Gasteiger partial charge in [0.2, 0.25) is 10.0 Å². The minimum atomic E-state index is -3.43. The number of aryl methyl sites for hydroxylation is 1. The van der Waals surface area contributed by atoms with Gasteiger partial charge >= 0.3 is 0 Å². The Kier molecular flexibility index (Phi) is 4.77. The zero-order valence-corrected chi connectivity index (χ0v) is 17.4. The van der Waals surface area contributed by atoms with Crippen LogP contribution < -0.4 is 4.90 Å². The van der Waals surface area contributed by atoms with Gasteiger partial charge in [-0.1, -0.05) is 45.0 Å². The maximum atomic E-state index is 12.8. The van der Waals surface area contributed by atoms with E-state index in [-0.39, 0.29) is 0 Å². The van der Waals surface area contributed by atoms with Gasteiger partial charge in [0, 0.05) is 30.7 Å². The predicted molar refractivity (Wildman–Crippen MR) is 109 cm³/mol. The molecule has 26 heavy (non-hydrogen) atoms. The third kappa shape index (κ3) is 3.38. The van der Waals surface area contributed by atoms with Crippen molar-refractivity contribution in [2.24, 2.45) is 0 Å². The fraction of sp³-hybridized carbons (Fsp3) is 0.278. The SMILES string of the molecule is Cc1ccc(S(=O)(=O)N2CCN(c3nc4ccc(Br)cc4s3)CC2)cc1. The molecule has 0 amide bonds. The molecule has 1 aliphatic rings. The van der Waals surface area contributed by atoms with Crippen LogP contribution in [0.5, 0.6) is 0 Å². The number of hydrogen-bond acceptors (Lipinski definition) is 5. The van der Waals surface area contributed by atoms with Gasteiger partial charge in [-0.2, -0.15) is 4.31 Å². The number of thiazole rings is 1. The summed E-state index contributed by atoms with van der Waals surface area (Å²) in [5.41, 5.74) is 2.03. The van der Waals surface area contributed by atoms with Gasteiger partial charge in [-0.3, -0.25) is 0 Å². The second kappa shape index (κ2) is 6.92. The molecule has 1 aromatic heterocycles. The van der Waals surface area contributed by atoms with E-state index in [9.17, 15) is 8.42 Å². The summed E-state index contributed by atoms with van der Waals surface area (Å²) in [4.78, 5) is 7.22. The number of anilines is 1. The second-order valence-corrected chi connectivity index (χ2v) is 10.2. The monoisotopic (exact) mass is 451 g/mol. The largest absolute Gasteiger partial charge is 0.345 e. The molecule has 4 rings (SSSR count). The topological polar surface area (TPSA) is 53.5 Å². The van der Waals surface area contributed by atoms with E-state index in [1.54, 1.807) is 27.8 Å². The molecule has 0 atom stereocenters. The zero-order valence-electron chi connectivity index (χ0n) is 14.2. The Balaban J connectivity index is 1.50. The molecular weight excluding hydrogens is 434 g/mol. The molecule has 0 radical (unpaired) electrons. The standard InChI is InChI=1S/C18H18BrN3O2S2/c1-13-2-5-15(6-3-13)26(23,24)22-10-8-21(9-11-22)18-20-16-7-4-14(19)12-17(16)25-18/h2-7,12H,8-11H2,1H3. The molecule has 136 valence electrons. The number of rotatable bonds is 3. The number of piperazine rings is 1. The van der Waals surface area contributed by atoms with Crippen LogP contribution in [0.2, 0.25) is 0 Å². The fourth-order valence-corrected chi connectivity index (χ4v) is 5.99. The first-order chi connectivity index (χ1) is 12.4. The van der Waals surface area contributed by atoms with E-state index in [4.69, 9.17) is 0 Å². The van der Waals surface area contributed by atoms with Crippen molar-refractivity contribution < 1.29 is 8.42 Å². The van der Waals surface area contributed by atoms with E-state index >= 15 is 0 Å². The van der Waals surface area contributed by atoms with Gasteiger partial charge in [-0.25, -0.2) is 13.4 Å². The highest BCUT2D eigenvalue weighted by Gasteiger charge is 2.29. The van der Waals surface area contributed by atoms with Gasteiger partial charge in [0.1, 0.15) is 0 Å². The molecule has 1 saturated heterocycles. The maximum Gasteiger partial charge on any atom is 0.243 e. The summed E-state index contributed by atoms with van der Waals surface area (Å²) < 4.78 is 29.4. The minimum absolute atomic E-state index is 0.362. The third-order valence-electron chi connectivity index (χ3n) is 4.51. The Bertz CT molecular complexity index is 1040. The van der Waals surface area contributed by atoms with E-state index in [2.05, 4.69) is 31.9 Å². The minimum Gasteiger partial charge on any atom is -0.345 e. The van der Waals surface area contributed by atoms with Crippen molar-refractivity contribution in [1.82, 2.24) is 9.29 Å². The quantitative estimate of drug-likeness (QED) is 0.606. The number of halogens is 1. The van der Waals surface area contributed by atoms with Crippen molar-refractivity contribution in [3.63, 3.8) is 0 Å². The molecule has 0 N–H and O–H groups in total. The molecule has 2 heterocycles. The lowest BCUT2D eigenvalue weighted by Gasteiger charge is -2.33. The Morgan fingerprint density at radius 2 is 1.73 bits per heavy atom. The number of hydrogen-bond donors (Lipinski definition) is 0. The molecule has 0 unspecified atom stereocenters. The molecule has 5 nitrogen and oxygen atoms in total. The molecule has 1 fully saturated rings. The summed E-state index contributed by atoms with van der Waals surface area (Å²) >= 11 is 5.13. The van der Waals surface area contributed by atoms with Gasteiger partial charge in [0.25, 0.3) is 0 Å². The Labute approximate surface area is 165 Å². The average Bonchev–Trinajstić information content (AvgIpc) is 3.05. The van der Waals surface area contributed by atoms with Crippen molar-refractivity contribution in [2.75, 3.05) is 31.1 Å². The summed E-state index contributed by atoms with van der Waals surface area (Å²) in [7, 11) is -3.43. The highest BCUT2D eigenvalue weighted by Crippen LogP contribution is 2.31. The molecule has 0 aliphatic carbocycles. The van der Waals surface area contributed by atoms with Crippen molar-refractivity contribution in [1.29, 1.82) is 0 Å². The van der Waals surface area contributed by atoms with Gasteiger partial charge in [-0.05, 0) is 37.3 Å². The molecule has 3 aromatic rings. The van der Waals surface area contributed by atoms with Crippen LogP contribution in [0.1, 0.15) is 5.56 Å². The number of nitrogens with zero attached hydrogens (tertiary/aromatic N) is 3. The first kappa shape index (κ1) is 17.9. The molecule has 2 aromatic carbocycles. The summed E-state index contributed by atoms with van der Waals surface area (Å²) in [6.45, 7) is 4.18. The molecule has 0 spiro atoms. The normalized spacial score (nSPS) is 16.3. The lowest BCUT2D eigenvalue weighted by Crippen LogP contribution is -2.48.